The average Bonchev–Trinajstić information content (AvgIpc) is 2.96. The van der Waals surface area contributed by atoms with Crippen molar-refractivity contribution in [3.05, 3.63) is 90.3 Å². The third-order valence-electron chi connectivity index (χ3n) is 7.08. The highest BCUT2D eigenvalue weighted by Crippen LogP contribution is 2.40. The first-order valence-electron chi connectivity index (χ1n) is 12.9. The average molecular weight is 547 g/mol. The van der Waals surface area contributed by atoms with Crippen molar-refractivity contribution in [1.29, 1.82) is 0 Å². The summed E-state index contributed by atoms with van der Waals surface area (Å²) in [7, 11) is 0. The van der Waals surface area contributed by atoms with Crippen molar-refractivity contribution in [3.63, 3.8) is 0 Å². The Morgan fingerprint density at radius 2 is 1.82 bits per heavy atom. The van der Waals surface area contributed by atoms with E-state index in [1.807, 2.05) is 6.07 Å². The van der Waals surface area contributed by atoms with Crippen LogP contribution in [0.15, 0.2) is 73.2 Å². The Kier molecular flexibility index (Phi) is 8.64. The highest BCUT2D eigenvalue weighted by atomic mass is 19.1. The minimum Gasteiger partial charge on any atom is -0.345 e. The van der Waals surface area contributed by atoms with E-state index in [0.29, 0.717) is 17.5 Å². The molecule has 1 aliphatic rings. The normalized spacial score (nSPS) is 17.8. The molecule has 11 heteroatoms. The van der Waals surface area contributed by atoms with E-state index in [0.717, 1.165) is 0 Å². The second-order valence-corrected chi connectivity index (χ2v) is 10.1. The number of carbonyl (C=O) groups is 4. The van der Waals surface area contributed by atoms with Crippen LogP contribution in [0.5, 0.6) is 0 Å². The Labute approximate surface area is 231 Å². The molecule has 0 spiro atoms. The van der Waals surface area contributed by atoms with Crippen LogP contribution >= 0.6 is 0 Å². The summed E-state index contributed by atoms with van der Waals surface area (Å²) in [6.45, 7) is 3.76. The molecule has 1 saturated heterocycles. The van der Waals surface area contributed by atoms with E-state index in [4.69, 9.17) is 5.73 Å². The zero-order valence-corrected chi connectivity index (χ0v) is 22.2. The minimum atomic E-state index is -1.30. The quantitative estimate of drug-likeness (QED) is 0.246. The molecule has 1 aromatic heterocycles. The smallest absolute Gasteiger partial charge is 0.272 e. The van der Waals surface area contributed by atoms with Gasteiger partial charge in [-0.1, -0.05) is 44.2 Å². The van der Waals surface area contributed by atoms with Crippen LogP contribution in [0.4, 0.5) is 10.1 Å². The van der Waals surface area contributed by atoms with Crippen molar-refractivity contribution in [3.8, 4) is 0 Å². The summed E-state index contributed by atoms with van der Waals surface area (Å²) < 4.78 is 13.4. The lowest BCUT2D eigenvalue weighted by Crippen LogP contribution is -2.66. The third kappa shape index (κ3) is 6.04. The lowest BCUT2D eigenvalue weighted by atomic mass is 9.70. The van der Waals surface area contributed by atoms with Crippen LogP contribution in [0.1, 0.15) is 36.3 Å². The summed E-state index contributed by atoms with van der Waals surface area (Å²) in [6.07, 6.45) is 4.58. The molecule has 4 atom stereocenters. The number of nitrogens with two attached hydrogens (primary N) is 1. The van der Waals surface area contributed by atoms with E-state index in [1.54, 1.807) is 38.1 Å². The predicted molar refractivity (Wildman–Crippen MR) is 145 cm³/mol. The molecule has 1 aliphatic heterocycles. The number of halogens is 1. The minimum absolute atomic E-state index is 0.0483. The Hall–Kier alpha value is -4.51. The zero-order chi connectivity index (χ0) is 28.9. The molecule has 2 unspecified atom stereocenters. The maximum Gasteiger partial charge on any atom is 0.272 e. The molecule has 0 saturated carbocycles. The molecule has 40 heavy (non-hydrogen) atoms. The maximum atomic E-state index is 13.4. The summed E-state index contributed by atoms with van der Waals surface area (Å²) in [6, 6.07) is 12.5. The van der Waals surface area contributed by atoms with E-state index >= 15 is 0 Å². The number of nitrogens with zero attached hydrogens (tertiary/aromatic N) is 3. The summed E-state index contributed by atoms with van der Waals surface area (Å²) in [5.74, 6) is -2.86. The van der Waals surface area contributed by atoms with Crippen LogP contribution < -0.4 is 21.3 Å². The maximum absolute atomic E-state index is 13.4. The molecule has 1 fully saturated rings. The van der Waals surface area contributed by atoms with Gasteiger partial charge in [0.2, 0.25) is 11.8 Å². The second-order valence-electron chi connectivity index (χ2n) is 10.1. The van der Waals surface area contributed by atoms with Crippen LogP contribution in [0.2, 0.25) is 0 Å². The highest BCUT2D eigenvalue weighted by molar-refractivity contribution is 6.02. The van der Waals surface area contributed by atoms with E-state index in [1.165, 1.54) is 47.8 Å². The zero-order valence-electron chi connectivity index (χ0n) is 22.2. The molecular formula is C29H31FN6O4. The fourth-order valence-corrected chi connectivity index (χ4v) is 4.81. The molecule has 0 bridgehead atoms. The van der Waals surface area contributed by atoms with Crippen molar-refractivity contribution in [2.75, 3.05) is 11.4 Å². The number of aldehydes is 1. The highest BCUT2D eigenvalue weighted by Gasteiger charge is 2.51. The topological polar surface area (TPSA) is 147 Å². The van der Waals surface area contributed by atoms with Crippen LogP contribution in [-0.4, -0.2) is 52.6 Å². The number of hydrogen-bond acceptors (Lipinski definition) is 7. The molecule has 3 aromatic rings. The monoisotopic (exact) mass is 546 g/mol. The van der Waals surface area contributed by atoms with Crippen molar-refractivity contribution < 1.29 is 23.6 Å². The number of benzene rings is 2. The molecule has 4 N–H and O–H groups in total. The predicted octanol–water partition coefficient (Wildman–Crippen LogP) is 1.96. The van der Waals surface area contributed by atoms with Gasteiger partial charge in [0, 0.05) is 24.6 Å². The first-order valence-corrected chi connectivity index (χ1v) is 12.9. The largest absolute Gasteiger partial charge is 0.345 e. The summed E-state index contributed by atoms with van der Waals surface area (Å²) >= 11 is 0. The first kappa shape index (κ1) is 28.5. The fourth-order valence-electron chi connectivity index (χ4n) is 4.81. The lowest BCUT2D eigenvalue weighted by Gasteiger charge is -2.48. The standard InChI is InChI=1S/C29H31FN6O4/c1-18(2)25(35-26(38)24-15-32-12-13-33-24)27(39)34-21(17-37)14-29(31,19-6-4-3-5-7-19)23-16-36(28(23)40)22-10-8-20(30)9-11-22/h3-13,15,17-18,21,23,25H,14,16,31H2,1-2H3,(H,34,39)(H,35,38)/t21?,23?,25-,29+/m0/s1. The van der Waals surface area contributed by atoms with Gasteiger partial charge in [0.1, 0.15) is 23.8 Å². The number of carbonyl (C=O) groups excluding carboxylic acids is 4. The van der Waals surface area contributed by atoms with Gasteiger partial charge in [-0.05, 0) is 42.2 Å². The summed E-state index contributed by atoms with van der Waals surface area (Å²) in [4.78, 5) is 60.7. The first-order chi connectivity index (χ1) is 19.1. The Bertz CT molecular complexity index is 1360. The van der Waals surface area contributed by atoms with E-state index in [9.17, 15) is 23.6 Å². The van der Waals surface area contributed by atoms with Crippen molar-refractivity contribution in [2.45, 2.75) is 37.9 Å². The van der Waals surface area contributed by atoms with E-state index in [-0.39, 0.29) is 30.5 Å². The van der Waals surface area contributed by atoms with E-state index < -0.39 is 41.2 Å². The Morgan fingerprint density at radius 3 is 2.40 bits per heavy atom. The van der Waals surface area contributed by atoms with Gasteiger partial charge >= 0.3 is 0 Å². The van der Waals surface area contributed by atoms with Gasteiger partial charge in [0.05, 0.1) is 23.7 Å². The second kappa shape index (κ2) is 12.1. The van der Waals surface area contributed by atoms with Crippen LogP contribution in [0, 0.1) is 17.7 Å². The molecule has 208 valence electrons. The van der Waals surface area contributed by atoms with Gasteiger partial charge < -0.3 is 26.1 Å². The number of hydrogen-bond donors (Lipinski definition) is 3. The fraction of sp³-hybridized carbons (Fsp3) is 0.310. The van der Waals surface area contributed by atoms with Gasteiger partial charge in [-0.2, -0.15) is 0 Å². The van der Waals surface area contributed by atoms with E-state index in [2.05, 4.69) is 20.6 Å². The number of aromatic nitrogens is 2. The molecule has 4 rings (SSSR count). The molecule has 10 nitrogen and oxygen atoms in total. The Morgan fingerprint density at radius 1 is 1.12 bits per heavy atom. The molecule has 0 radical (unpaired) electrons. The number of β-lactam (4-membered cyclic amide) rings is 1. The molecular weight excluding hydrogens is 515 g/mol. The Balaban J connectivity index is 1.52. The third-order valence-corrected chi connectivity index (χ3v) is 7.08. The number of nitrogens with one attached hydrogen (secondary N) is 2. The van der Waals surface area contributed by atoms with Crippen LogP contribution in [0.25, 0.3) is 0 Å². The van der Waals surface area contributed by atoms with Crippen LogP contribution in [0.3, 0.4) is 0 Å². The number of rotatable bonds is 11. The van der Waals surface area contributed by atoms with Crippen molar-refractivity contribution in [1.82, 2.24) is 20.6 Å². The molecule has 3 amide bonds. The lowest BCUT2D eigenvalue weighted by molar-refractivity contribution is -0.131. The summed E-state index contributed by atoms with van der Waals surface area (Å²) in [5, 5.41) is 5.34. The van der Waals surface area contributed by atoms with Gasteiger partial charge in [0.15, 0.2) is 0 Å². The number of amides is 3. The molecule has 2 heterocycles. The van der Waals surface area contributed by atoms with Crippen molar-refractivity contribution in [2.24, 2.45) is 17.6 Å². The van der Waals surface area contributed by atoms with Gasteiger partial charge in [-0.25, -0.2) is 9.37 Å². The SMILES string of the molecule is CC(C)[C@H](NC(=O)c1cnccn1)C(=O)NC(C=O)C[C@@](N)(c1ccccc1)C1CN(c2ccc(F)cc2)C1=O. The van der Waals surface area contributed by atoms with Gasteiger partial charge in [-0.15, -0.1) is 0 Å². The molecule has 2 aromatic carbocycles. The molecule has 0 aliphatic carbocycles. The number of anilines is 1. The van der Waals surface area contributed by atoms with Gasteiger partial charge in [-0.3, -0.25) is 19.4 Å². The summed E-state index contributed by atoms with van der Waals surface area (Å²) in [5.41, 5.74) is 6.84. The van der Waals surface area contributed by atoms with Crippen LogP contribution in [-0.2, 0) is 19.9 Å². The van der Waals surface area contributed by atoms with Crippen molar-refractivity contribution >= 4 is 29.7 Å². The van der Waals surface area contributed by atoms with Gasteiger partial charge in [0.25, 0.3) is 5.91 Å².